The van der Waals surface area contributed by atoms with Crippen molar-refractivity contribution in [1.29, 1.82) is 0 Å². The molecule has 0 saturated carbocycles. The highest BCUT2D eigenvalue weighted by Gasteiger charge is 2.19. The van der Waals surface area contributed by atoms with Crippen LogP contribution in [0.15, 0.2) is 36.5 Å². The van der Waals surface area contributed by atoms with E-state index >= 15 is 0 Å². The first-order valence-corrected chi connectivity index (χ1v) is 20.5. The van der Waals surface area contributed by atoms with Crippen LogP contribution in [0.5, 0.6) is 0 Å². The van der Waals surface area contributed by atoms with Crippen molar-refractivity contribution in [3.8, 4) is 0 Å². The molecule has 0 aliphatic rings. The van der Waals surface area contributed by atoms with Gasteiger partial charge in [-0.3, -0.25) is 14.4 Å². The van der Waals surface area contributed by atoms with E-state index in [1.807, 2.05) is 0 Å². The van der Waals surface area contributed by atoms with E-state index in [1.165, 1.54) is 77.0 Å². The van der Waals surface area contributed by atoms with Gasteiger partial charge in [0.25, 0.3) is 0 Å². The third-order valence-electron chi connectivity index (χ3n) is 8.65. The normalized spacial score (nSPS) is 12.3. The monoisotopic (exact) mass is 689 g/mol. The van der Waals surface area contributed by atoms with E-state index in [0.29, 0.717) is 19.3 Å². The predicted octanol–water partition coefficient (Wildman–Crippen LogP) is 12.6. The van der Waals surface area contributed by atoms with E-state index in [1.54, 1.807) is 0 Å². The molecular weight excluding hydrogens is 612 g/mol. The van der Waals surface area contributed by atoms with E-state index in [9.17, 15) is 14.4 Å². The molecule has 49 heavy (non-hydrogen) atoms. The summed E-state index contributed by atoms with van der Waals surface area (Å²) in [6.07, 6.45) is 41.3. The average Bonchev–Trinajstić information content (AvgIpc) is 3.10. The third kappa shape index (κ3) is 36.7. The zero-order chi connectivity index (χ0) is 35.9. The summed E-state index contributed by atoms with van der Waals surface area (Å²) < 4.78 is 16.6. The van der Waals surface area contributed by atoms with Gasteiger partial charge in [-0.2, -0.15) is 0 Å². The van der Waals surface area contributed by atoms with Crippen molar-refractivity contribution in [2.24, 2.45) is 0 Å². The Morgan fingerprint density at radius 2 is 0.755 bits per heavy atom. The molecule has 0 saturated heterocycles. The summed E-state index contributed by atoms with van der Waals surface area (Å²) in [5.41, 5.74) is 0. The lowest BCUT2D eigenvalue weighted by molar-refractivity contribution is -0.167. The Morgan fingerprint density at radius 1 is 0.408 bits per heavy atom. The fraction of sp³-hybridized carbons (Fsp3) is 0.791. The van der Waals surface area contributed by atoms with Crippen molar-refractivity contribution in [2.75, 3.05) is 13.2 Å². The molecule has 1 atom stereocenters. The Balaban J connectivity index is 4.43. The minimum absolute atomic E-state index is 0.0831. The molecule has 0 amide bonds. The smallest absolute Gasteiger partial charge is 0.306 e. The van der Waals surface area contributed by atoms with Crippen LogP contribution in [0, 0.1) is 0 Å². The quantitative estimate of drug-likeness (QED) is 0.0214. The first kappa shape index (κ1) is 46.6. The van der Waals surface area contributed by atoms with E-state index < -0.39 is 6.10 Å². The molecule has 0 rings (SSSR count). The number of rotatable bonds is 36. The van der Waals surface area contributed by atoms with Crippen molar-refractivity contribution in [3.63, 3.8) is 0 Å². The van der Waals surface area contributed by atoms with Gasteiger partial charge < -0.3 is 14.2 Å². The number of unbranched alkanes of at least 4 members (excludes halogenated alkanes) is 20. The number of ether oxygens (including phenoxy) is 3. The van der Waals surface area contributed by atoms with Gasteiger partial charge in [0.1, 0.15) is 13.2 Å². The van der Waals surface area contributed by atoms with E-state index in [-0.39, 0.29) is 31.1 Å². The SMILES string of the molecule is CCCC/C=C\C=C/CCCCCC(=O)OCC(COC(=O)CCCCCCCCCCC)OC(=O)CCCCCCC/C=C\CCCC. The Kier molecular flexibility index (Phi) is 36.6. The predicted molar refractivity (Wildman–Crippen MR) is 206 cm³/mol. The highest BCUT2D eigenvalue weighted by Crippen LogP contribution is 2.13. The molecule has 0 aromatic rings. The van der Waals surface area contributed by atoms with Gasteiger partial charge in [0, 0.05) is 19.3 Å². The van der Waals surface area contributed by atoms with Crippen LogP contribution in [-0.2, 0) is 28.6 Å². The maximum Gasteiger partial charge on any atom is 0.306 e. The molecule has 0 aromatic carbocycles. The molecule has 0 bridgehead atoms. The second-order valence-electron chi connectivity index (χ2n) is 13.6. The molecule has 0 N–H and O–H groups in total. The Morgan fingerprint density at radius 3 is 1.24 bits per heavy atom. The number of hydrogen-bond donors (Lipinski definition) is 0. The summed E-state index contributed by atoms with van der Waals surface area (Å²) in [5, 5.41) is 0. The van der Waals surface area contributed by atoms with Crippen LogP contribution in [0.4, 0.5) is 0 Å². The van der Waals surface area contributed by atoms with Gasteiger partial charge in [0.15, 0.2) is 6.10 Å². The molecule has 0 fully saturated rings. The van der Waals surface area contributed by atoms with Crippen LogP contribution >= 0.6 is 0 Å². The molecule has 0 aliphatic carbocycles. The van der Waals surface area contributed by atoms with Gasteiger partial charge in [0.2, 0.25) is 0 Å². The van der Waals surface area contributed by atoms with Crippen LogP contribution in [0.3, 0.4) is 0 Å². The van der Waals surface area contributed by atoms with Gasteiger partial charge in [-0.1, -0.05) is 160 Å². The van der Waals surface area contributed by atoms with Crippen molar-refractivity contribution in [3.05, 3.63) is 36.5 Å². The van der Waals surface area contributed by atoms with Crippen LogP contribution in [-0.4, -0.2) is 37.2 Å². The molecule has 0 heterocycles. The van der Waals surface area contributed by atoms with Crippen molar-refractivity contribution in [1.82, 2.24) is 0 Å². The number of esters is 3. The lowest BCUT2D eigenvalue weighted by Gasteiger charge is -2.18. The topological polar surface area (TPSA) is 78.9 Å². The third-order valence-corrected chi connectivity index (χ3v) is 8.65. The molecule has 6 heteroatoms. The highest BCUT2D eigenvalue weighted by atomic mass is 16.6. The number of hydrogen-bond acceptors (Lipinski definition) is 6. The Bertz CT molecular complexity index is 845. The standard InChI is InChI=1S/C43H76O6/c1-4-7-10-13-16-19-21-24-27-30-33-36-42(45)48-39-40(38-47-41(44)35-32-29-26-23-18-15-12-9-6-3)49-43(46)37-34-31-28-25-22-20-17-14-11-8-5-2/h13-14,16-17,19,21,40H,4-12,15,18,20,22-39H2,1-3H3/b16-13-,17-14-,21-19-. The van der Waals surface area contributed by atoms with Crippen LogP contribution in [0.2, 0.25) is 0 Å². The van der Waals surface area contributed by atoms with E-state index in [4.69, 9.17) is 14.2 Å². The first-order chi connectivity index (χ1) is 24.0. The Labute approximate surface area is 302 Å². The maximum atomic E-state index is 12.6. The van der Waals surface area contributed by atoms with Gasteiger partial charge in [-0.25, -0.2) is 0 Å². The zero-order valence-electron chi connectivity index (χ0n) is 32.2. The number of allylic oxidation sites excluding steroid dienone is 6. The summed E-state index contributed by atoms with van der Waals surface area (Å²) >= 11 is 0. The summed E-state index contributed by atoms with van der Waals surface area (Å²) in [5.74, 6) is -0.930. The van der Waals surface area contributed by atoms with Crippen LogP contribution in [0.25, 0.3) is 0 Å². The second-order valence-corrected chi connectivity index (χ2v) is 13.6. The van der Waals surface area contributed by atoms with Crippen molar-refractivity contribution < 1.29 is 28.6 Å². The van der Waals surface area contributed by atoms with Gasteiger partial charge in [-0.05, 0) is 57.8 Å². The minimum atomic E-state index is -0.779. The summed E-state index contributed by atoms with van der Waals surface area (Å²) in [4.78, 5) is 37.4. The van der Waals surface area contributed by atoms with E-state index in [0.717, 1.165) is 83.5 Å². The zero-order valence-corrected chi connectivity index (χ0v) is 32.2. The minimum Gasteiger partial charge on any atom is -0.462 e. The lowest BCUT2D eigenvalue weighted by Crippen LogP contribution is -2.30. The van der Waals surface area contributed by atoms with Gasteiger partial charge >= 0.3 is 17.9 Å². The first-order valence-electron chi connectivity index (χ1n) is 20.5. The highest BCUT2D eigenvalue weighted by molar-refractivity contribution is 5.71. The van der Waals surface area contributed by atoms with Crippen molar-refractivity contribution in [2.45, 2.75) is 207 Å². The molecule has 0 aromatic heterocycles. The fourth-order valence-corrected chi connectivity index (χ4v) is 5.46. The fourth-order valence-electron chi connectivity index (χ4n) is 5.46. The molecule has 1 unspecified atom stereocenters. The molecule has 6 nitrogen and oxygen atoms in total. The van der Waals surface area contributed by atoms with Crippen molar-refractivity contribution >= 4 is 17.9 Å². The molecule has 0 radical (unpaired) electrons. The Hall–Kier alpha value is -2.37. The maximum absolute atomic E-state index is 12.6. The molecule has 284 valence electrons. The number of carbonyl (C=O) groups excluding carboxylic acids is 3. The second kappa shape index (κ2) is 38.4. The van der Waals surface area contributed by atoms with Crippen LogP contribution in [0.1, 0.15) is 201 Å². The number of carbonyl (C=O) groups is 3. The molecule has 0 aliphatic heterocycles. The lowest BCUT2D eigenvalue weighted by atomic mass is 10.1. The summed E-state index contributed by atoms with van der Waals surface area (Å²) in [7, 11) is 0. The van der Waals surface area contributed by atoms with Crippen LogP contribution < -0.4 is 0 Å². The van der Waals surface area contributed by atoms with E-state index in [2.05, 4.69) is 57.2 Å². The molecular formula is C43H76O6. The molecule has 0 spiro atoms. The summed E-state index contributed by atoms with van der Waals surface area (Å²) in [6, 6.07) is 0. The van der Waals surface area contributed by atoms with Gasteiger partial charge in [-0.15, -0.1) is 0 Å². The largest absolute Gasteiger partial charge is 0.462 e. The summed E-state index contributed by atoms with van der Waals surface area (Å²) in [6.45, 7) is 6.47. The van der Waals surface area contributed by atoms with Gasteiger partial charge in [0.05, 0.1) is 0 Å². The average molecular weight is 689 g/mol.